The lowest BCUT2D eigenvalue weighted by Crippen LogP contribution is -2.54. The maximum Gasteiger partial charge on any atom is 0.387 e. The van der Waals surface area contributed by atoms with Crippen molar-refractivity contribution in [1.29, 1.82) is 0 Å². The summed E-state index contributed by atoms with van der Waals surface area (Å²) < 4.78 is 28.5. The Morgan fingerprint density at radius 2 is 2.04 bits per heavy atom. The summed E-state index contributed by atoms with van der Waals surface area (Å²) in [5.41, 5.74) is -0.571. The third-order valence-electron chi connectivity index (χ3n) is 5.17. The Labute approximate surface area is 155 Å². The fourth-order valence-electron chi connectivity index (χ4n) is 3.70. The predicted octanol–water partition coefficient (Wildman–Crippen LogP) is 2.73. The summed E-state index contributed by atoms with van der Waals surface area (Å²) in [5.74, 6) is -0.944. The van der Waals surface area contributed by atoms with Crippen LogP contribution in [0.5, 0.6) is 5.75 Å². The molecule has 0 radical (unpaired) electrons. The summed E-state index contributed by atoms with van der Waals surface area (Å²) in [7, 11) is 0. The van der Waals surface area contributed by atoms with Gasteiger partial charge in [-0.1, -0.05) is 19.8 Å². The van der Waals surface area contributed by atoms with Crippen molar-refractivity contribution in [3.63, 3.8) is 0 Å². The SMILES string of the molecule is C[C@@H]1CCCC[C@]12NC(=O)N(CC(=O)Nc1ccc(OC(F)F)cc1)C2=O. The van der Waals surface area contributed by atoms with Crippen molar-refractivity contribution in [3.8, 4) is 5.75 Å². The molecule has 146 valence electrons. The van der Waals surface area contributed by atoms with Gasteiger partial charge in [0.05, 0.1) is 0 Å². The van der Waals surface area contributed by atoms with E-state index in [9.17, 15) is 23.2 Å². The first-order chi connectivity index (χ1) is 12.8. The second-order valence-electron chi connectivity index (χ2n) is 6.89. The van der Waals surface area contributed by atoms with Gasteiger partial charge in [-0.25, -0.2) is 4.79 Å². The van der Waals surface area contributed by atoms with Gasteiger partial charge < -0.3 is 15.4 Å². The van der Waals surface area contributed by atoms with Crippen molar-refractivity contribution in [2.75, 3.05) is 11.9 Å². The predicted molar refractivity (Wildman–Crippen MR) is 92.3 cm³/mol. The Hall–Kier alpha value is -2.71. The molecule has 1 aromatic carbocycles. The number of amides is 4. The number of alkyl halides is 2. The van der Waals surface area contributed by atoms with E-state index >= 15 is 0 Å². The summed E-state index contributed by atoms with van der Waals surface area (Å²) in [4.78, 5) is 38.3. The van der Waals surface area contributed by atoms with Gasteiger partial charge in [0.1, 0.15) is 17.8 Å². The normalized spacial score (nSPS) is 25.0. The Morgan fingerprint density at radius 1 is 1.33 bits per heavy atom. The van der Waals surface area contributed by atoms with Gasteiger partial charge in [-0.15, -0.1) is 0 Å². The van der Waals surface area contributed by atoms with Gasteiger partial charge in [-0.3, -0.25) is 14.5 Å². The number of carbonyl (C=O) groups excluding carboxylic acids is 3. The molecule has 1 saturated heterocycles. The molecule has 2 atom stereocenters. The number of rotatable bonds is 5. The van der Waals surface area contributed by atoms with Gasteiger partial charge in [0, 0.05) is 5.69 Å². The fourth-order valence-corrected chi connectivity index (χ4v) is 3.70. The zero-order valence-corrected chi connectivity index (χ0v) is 14.8. The van der Waals surface area contributed by atoms with Gasteiger partial charge in [0.15, 0.2) is 0 Å². The molecule has 1 spiro atoms. The van der Waals surface area contributed by atoms with Gasteiger partial charge in [0.25, 0.3) is 5.91 Å². The lowest BCUT2D eigenvalue weighted by Gasteiger charge is -2.36. The lowest BCUT2D eigenvalue weighted by atomic mass is 9.73. The van der Waals surface area contributed by atoms with Crippen molar-refractivity contribution in [1.82, 2.24) is 10.2 Å². The minimum absolute atomic E-state index is 0.0122. The lowest BCUT2D eigenvalue weighted by molar-refractivity contribution is -0.136. The standard InChI is InChI=1S/C18H21F2N3O4/c1-11-4-2-3-9-18(11)15(25)23(17(26)22-18)10-14(24)21-12-5-7-13(8-6-12)27-16(19)20/h5-8,11,16H,2-4,9-10H2,1H3,(H,21,24)(H,22,26)/t11-,18+/m1/s1. The highest BCUT2D eigenvalue weighted by Crippen LogP contribution is 2.38. The van der Waals surface area contributed by atoms with E-state index in [0.29, 0.717) is 12.1 Å². The summed E-state index contributed by atoms with van der Waals surface area (Å²) in [6, 6.07) is 4.80. The molecule has 1 aliphatic heterocycles. The Kier molecular flexibility index (Phi) is 5.29. The molecule has 3 rings (SSSR count). The number of carbonyl (C=O) groups is 3. The molecule has 0 bridgehead atoms. The Bertz CT molecular complexity index is 741. The number of nitrogens with zero attached hydrogens (tertiary/aromatic N) is 1. The highest BCUT2D eigenvalue weighted by molar-refractivity contribution is 6.10. The summed E-state index contributed by atoms with van der Waals surface area (Å²) in [6.07, 6.45) is 3.28. The zero-order valence-electron chi connectivity index (χ0n) is 14.8. The molecule has 2 N–H and O–H groups in total. The molecule has 9 heteroatoms. The number of imide groups is 1. The smallest absolute Gasteiger partial charge is 0.387 e. The third-order valence-corrected chi connectivity index (χ3v) is 5.17. The number of hydrogen-bond acceptors (Lipinski definition) is 4. The molecule has 1 aromatic rings. The molecule has 7 nitrogen and oxygen atoms in total. The van der Waals surface area contributed by atoms with Gasteiger partial charge >= 0.3 is 12.6 Å². The van der Waals surface area contributed by atoms with Crippen molar-refractivity contribution in [2.24, 2.45) is 5.92 Å². The first-order valence-corrected chi connectivity index (χ1v) is 8.80. The number of anilines is 1. The maximum atomic E-state index is 12.8. The van der Waals surface area contributed by atoms with Gasteiger partial charge in [-0.2, -0.15) is 8.78 Å². The number of halogens is 2. The van der Waals surface area contributed by atoms with Crippen LogP contribution < -0.4 is 15.4 Å². The largest absolute Gasteiger partial charge is 0.435 e. The van der Waals surface area contributed by atoms with Crippen LogP contribution in [0.2, 0.25) is 0 Å². The quantitative estimate of drug-likeness (QED) is 0.768. The van der Waals surface area contributed by atoms with Crippen LogP contribution in [0, 0.1) is 5.92 Å². The van der Waals surface area contributed by atoms with E-state index in [0.717, 1.165) is 24.2 Å². The molecule has 0 aromatic heterocycles. The first kappa shape index (κ1) is 19.1. The van der Waals surface area contributed by atoms with Crippen LogP contribution in [0.3, 0.4) is 0 Å². The van der Waals surface area contributed by atoms with Crippen LogP contribution in [0.4, 0.5) is 19.3 Å². The van der Waals surface area contributed by atoms with E-state index in [1.54, 1.807) is 0 Å². The first-order valence-electron chi connectivity index (χ1n) is 8.80. The molecule has 1 aliphatic carbocycles. The average molecular weight is 381 g/mol. The van der Waals surface area contributed by atoms with E-state index in [-0.39, 0.29) is 17.6 Å². The number of hydrogen-bond donors (Lipinski definition) is 2. The Morgan fingerprint density at radius 3 is 2.67 bits per heavy atom. The van der Waals surface area contributed by atoms with E-state index < -0.39 is 30.6 Å². The summed E-state index contributed by atoms with van der Waals surface area (Å²) in [6.45, 7) is -1.40. The molecule has 2 fully saturated rings. The van der Waals surface area contributed by atoms with Gasteiger partial charge in [0.2, 0.25) is 5.91 Å². The van der Waals surface area contributed by atoms with E-state index in [2.05, 4.69) is 15.4 Å². The van der Waals surface area contributed by atoms with Crippen molar-refractivity contribution in [3.05, 3.63) is 24.3 Å². The maximum absolute atomic E-state index is 12.8. The molecule has 0 unspecified atom stereocenters. The van der Waals surface area contributed by atoms with E-state index in [4.69, 9.17) is 0 Å². The highest BCUT2D eigenvalue weighted by Gasteiger charge is 2.55. The molecular formula is C18H21F2N3O4. The summed E-state index contributed by atoms with van der Waals surface area (Å²) in [5, 5.41) is 5.32. The molecule has 1 saturated carbocycles. The minimum atomic E-state index is -2.93. The second-order valence-corrected chi connectivity index (χ2v) is 6.89. The van der Waals surface area contributed by atoms with Gasteiger partial charge in [-0.05, 0) is 43.0 Å². The third kappa shape index (κ3) is 3.86. The molecule has 2 aliphatic rings. The molecular weight excluding hydrogens is 360 g/mol. The van der Waals surface area contributed by atoms with Crippen LogP contribution in [-0.4, -0.2) is 41.4 Å². The van der Waals surface area contributed by atoms with Crippen molar-refractivity contribution in [2.45, 2.75) is 44.8 Å². The van der Waals surface area contributed by atoms with Crippen LogP contribution in [-0.2, 0) is 9.59 Å². The number of benzene rings is 1. The minimum Gasteiger partial charge on any atom is -0.435 e. The fraction of sp³-hybridized carbons (Fsp3) is 0.500. The second kappa shape index (κ2) is 7.50. The monoisotopic (exact) mass is 381 g/mol. The van der Waals surface area contributed by atoms with Crippen LogP contribution in [0.1, 0.15) is 32.6 Å². The van der Waals surface area contributed by atoms with E-state index in [1.165, 1.54) is 24.3 Å². The Balaban J connectivity index is 1.62. The average Bonchev–Trinajstić information content (AvgIpc) is 2.84. The number of urea groups is 1. The topological polar surface area (TPSA) is 87.7 Å². The molecule has 27 heavy (non-hydrogen) atoms. The van der Waals surface area contributed by atoms with Crippen molar-refractivity contribution < 1.29 is 27.9 Å². The zero-order chi connectivity index (χ0) is 19.6. The highest BCUT2D eigenvalue weighted by atomic mass is 19.3. The van der Waals surface area contributed by atoms with Crippen LogP contribution >= 0.6 is 0 Å². The van der Waals surface area contributed by atoms with Crippen molar-refractivity contribution >= 4 is 23.5 Å². The number of ether oxygens (including phenoxy) is 1. The van der Waals surface area contributed by atoms with Crippen LogP contribution in [0.25, 0.3) is 0 Å². The van der Waals surface area contributed by atoms with E-state index in [1.807, 2.05) is 6.92 Å². The summed E-state index contributed by atoms with van der Waals surface area (Å²) >= 11 is 0. The van der Waals surface area contributed by atoms with Crippen LogP contribution in [0.15, 0.2) is 24.3 Å². The number of nitrogens with one attached hydrogen (secondary N) is 2. The molecule has 4 amide bonds. The molecule has 1 heterocycles.